The monoisotopic (exact) mass is 640 g/mol. The van der Waals surface area contributed by atoms with Crippen LogP contribution < -0.4 is 9.64 Å². The summed E-state index contributed by atoms with van der Waals surface area (Å²) in [5.41, 5.74) is 2.70. The molecule has 3 saturated heterocycles. The minimum absolute atomic E-state index is 0.115. The number of aliphatic hydroxyl groups is 1. The molecule has 3 aromatic rings. The lowest BCUT2D eigenvalue weighted by Crippen LogP contribution is -2.65. The molecule has 2 aromatic heterocycles. The van der Waals surface area contributed by atoms with E-state index in [1.54, 1.807) is 18.6 Å². The van der Waals surface area contributed by atoms with Crippen LogP contribution in [0, 0.1) is 23.1 Å². The third-order valence-electron chi connectivity index (χ3n) is 12.3. The maximum atomic E-state index is 14.6. The van der Waals surface area contributed by atoms with Crippen LogP contribution in [0.1, 0.15) is 76.8 Å². The summed E-state index contributed by atoms with van der Waals surface area (Å²) >= 11 is 0. The number of anilines is 1. The van der Waals surface area contributed by atoms with Crippen LogP contribution >= 0.6 is 0 Å². The SMILES string of the molecule is CC(C)[C@H](C1CC(N2CC[C@H](O)C23CC3)C1)N1CC2(CCN(c3ncnnc3Oc3ccc(F)cc3-c3cncnc3C3CC3)C2)C1. The predicted octanol–water partition coefficient (Wildman–Crippen LogP) is 5.05. The summed E-state index contributed by atoms with van der Waals surface area (Å²) in [6.07, 6.45) is 13.8. The zero-order valence-electron chi connectivity index (χ0n) is 27.4. The highest BCUT2D eigenvalue weighted by molar-refractivity contribution is 5.73. The highest BCUT2D eigenvalue weighted by atomic mass is 19.1. The molecule has 9 rings (SSSR count). The summed E-state index contributed by atoms with van der Waals surface area (Å²) in [5, 5.41) is 19.0. The molecule has 0 radical (unpaired) electrons. The molecule has 3 aliphatic heterocycles. The minimum Gasteiger partial charge on any atom is -0.434 e. The number of halogens is 1. The summed E-state index contributed by atoms with van der Waals surface area (Å²) in [7, 11) is 0. The summed E-state index contributed by atoms with van der Waals surface area (Å²) in [6, 6.07) is 5.80. The van der Waals surface area contributed by atoms with Crippen molar-refractivity contribution in [3.63, 3.8) is 0 Å². The smallest absolute Gasteiger partial charge is 0.282 e. The largest absolute Gasteiger partial charge is 0.434 e. The lowest BCUT2D eigenvalue weighted by Gasteiger charge is -2.58. The zero-order chi connectivity index (χ0) is 31.9. The van der Waals surface area contributed by atoms with Gasteiger partial charge in [-0.15, -0.1) is 10.2 Å². The molecule has 10 nitrogen and oxygen atoms in total. The van der Waals surface area contributed by atoms with Gasteiger partial charge in [0.2, 0.25) is 0 Å². The van der Waals surface area contributed by atoms with E-state index in [1.165, 1.54) is 44.1 Å². The van der Waals surface area contributed by atoms with E-state index in [0.29, 0.717) is 46.9 Å². The first-order valence-electron chi connectivity index (χ1n) is 17.7. The van der Waals surface area contributed by atoms with Crippen molar-refractivity contribution in [3.05, 3.63) is 48.6 Å². The van der Waals surface area contributed by atoms with Crippen LogP contribution in [0.4, 0.5) is 10.2 Å². The average molecular weight is 641 g/mol. The quantitative estimate of drug-likeness (QED) is 0.342. The Balaban J connectivity index is 0.881. The van der Waals surface area contributed by atoms with Crippen LogP contribution in [0.2, 0.25) is 0 Å². The summed E-state index contributed by atoms with van der Waals surface area (Å²) in [6.45, 7) is 9.85. The molecule has 248 valence electrons. The van der Waals surface area contributed by atoms with Crippen LogP contribution in [0.5, 0.6) is 11.6 Å². The molecule has 3 aliphatic carbocycles. The molecule has 0 bridgehead atoms. The van der Waals surface area contributed by atoms with Crippen LogP contribution in [-0.2, 0) is 0 Å². The Morgan fingerprint density at radius 3 is 2.57 bits per heavy atom. The first-order chi connectivity index (χ1) is 22.8. The van der Waals surface area contributed by atoms with Gasteiger partial charge in [0, 0.05) is 79.0 Å². The molecule has 2 spiro atoms. The Morgan fingerprint density at radius 2 is 1.81 bits per heavy atom. The minimum atomic E-state index is -0.342. The molecule has 1 aromatic carbocycles. The molecule has 0 amide bonds. The van der Waals surface area contributed by atoms with Gasteiger partial charge in [-0.3, -0.25) is 9.80 Å². The lowest BCUT2D eigenvalue weighted by atomic mass is 9.68. The Hall–Kier alpha value is -3.28. The number of benzene rings is 1. The van der Waals surface area contributed by atoms with E-state index in [0.717, 1.165) is 75.6 Å². The van der Waals surface area contributed by atoms with Gasteiger partial charge in [-0.25, -0.2) is 19.3 Å². The highest BCUT2D eigenvalue weighted by Crippen LogP contribution is 2.55. The van der Waals surface area contributed by atoms with E-state index in [4.69, 9.17) is 4.74 Å². The summed E-state index contributed by atoms with van der Waals surface area (Å²) < 4.78 is 21.0. The Bertz CT molecular complexity index is 1650. The molecule has 6 fully saturated rings. The van der Waals surface area contributed by atoms with Crippen molar-refractivity contribution < 1.29 is 14.2 Å². The Labute approximate surface area is 275 Å². The molecule has 11 heteroatoms. The number of ether oxygens (including phenoxy) is 1. The van der Waals surface area contributed by atoms with Gasteiger partial charge in [-0.05, 0) is 81.4 Å². The first kappa shape index (κ1) is 29.8. The number of aliphatic hydroxyl groups excluding tert-OH is 1. The van der Waals surface area contributed by atoms with Gasteiger partial charge in [0.15, 0.2) is 5.82 Å². The standard InChI is InChI=1S/C36H45FN8O2/c1-22(2)32(24-13-26(14-24)45-11-7-30(46)36(45)8-9-36)44-18-35(19-44)10-12-43(17-35)33-34(42-41-21-40-33)47-29-6-5-25(37)15-27(29)28-16-38-20-39-31(28)23-3-4-23/h5-6,15-16,20-24,26,30,32,46H,3-4,7-14,17-19H2,1-2H3/t24?,26?,30-,32+/m0/s1. The molecule has 47 heavy (non-hydrogen) atoms. The van der Waals surface area contributed by atoms with Gasteiger partial charge in [-0.2, -0.15) is 0 Å². The number of rotatable bonds is 9. The molecule has 0 unspecified atom stereocenters. The van der Waals surface area contributed by atoms with Crippen LogP contribution in [-0.4, -0.2) is 96.5 Å². The van der Waals surface area contributed by atoms with E-state index in [-0.39, 0.29) is 22.9 Å². The van der Waals surface area contributed by atoms with Gasteiger partial charge >= 0.3 is 0 Å². The fourth-order valence-corrected chi connectivity index (χ4v) is 9.74. The van der Waals surface area contributed by atoms with Gasteiger partial charge < -0.3 is 14.7 Å². The van der Waals surface area contributed by atoms with Crippen molar-refractivity contribution in [3.8, 4) is 22.8 Å². The second-order valence-corrected chi connectivity index (χ2v) is 15.7. The van der Waals surface area contributed by atoms with Gasteiger partial charge in [-0.1, -0.05) is 13.8 Å². The molecular formula is C36H45FN8O2. The lowest BCUT2D eigenvalue weighted by molar-refractivity contribution is -0.0847. The fraction of sp³-hybridized carbons (Fsp3) is 0.639. The molecule has 3 saturated carbocycles. The maximum absolute atomic E-state index is 14.6. The average Bonchev–Trinajstić information content (AvgIpc) is 3.96. The van der Waals surface area contributed by atoms with Crippen molar-refractivity contribution in [1.82, 2.24) is 34.9 Å². The van der Waals surface area contributed by atoms with Crippen LogP contribution in [0.3, 0.4) is 0 Å². The second-order valence-electron chi connectivity index (χ2n) is 15.7. The Kier molecular flexibility index (Phi) is 7.07. The number of nitrogens with zero attached hydrogens (tertiary/aromatic N) is 8. The predicted molar refractivity (Wildman–Crippen MR) is 175 cm³/mol. The third kappa shape index (κ3) is 5.11. The summed E-state index contributed by atoms with van der Waals surface area (Å²) in [5.74, 6) is 2.88. The van der Waals surface area contributed by atoms with E-state index in [9.17, 15) is 9.50 Å². The molecular weight excluding hydrogens is 595 g/mol. The highest BCUT2D eigenvalue weighted by Gasteiger charge is 2.61. The molecule has 5 heterocycles. The van der Waals surface area contributed by atoms with Crippen molar-refractivity contribution in [2.45, 2.75) is 94.9 Å². The number of likely N-dealkylation sites (tertiary alicyclic amines) is 2. The first-order valence-corrected chi connectivity index (χ1v) is 17.7. The van der Waals surface area contributed by atoms with E-state index in [1.807, 2.05) is 0 Å². The number of aromatic nitrogens is 5. The number of hydrogen-bond donors (Lipinski definition) is 1. The Morgan fingerprint density at radius 1 is 0.979 bits per heavy atom. The fourth-order valence-electron chi connectivity index (χ4n) is 9.74. The van der Waals surface area contributed by atoms with E-state index in [2.05, 4.69) is 53.7 Å². The number of hydrogen-bond acceptors (Lipinski definition) is 10. The van der Waals surface area contributed by atoms with Crippen molar-refractivity contribution in [2.24, 2.45) is 17.3 Å². The van der Waals surface area contributed by atoms with Gasteiger partial charge in [0.1, 0.15) is 24.2 Å². The van der Waals surface area contributed by atoms with Crippen molar-refractivity contribution in [2.75, 3.05) is 37.6 Å². The molecule has 1 N–H and O–H groups in total. The molecule has 6 aliphatic rings. The normalized spacial score (nSPS) is 28.5. The molecule has 2 atom stereocenters. The van der Waals surface area contributed by atoms with Crippen molar-refractivity contribution in [1.29, 1.82) is 0 Å². The van der Waals surface area contributed by atoms with E-state index < -0.39 is 0 Å². The van der Waals surface area contributed by atoms with E-state index >= 15 is 0 Å². The van der Waals surface area contributed by atoms with Gasteiger partial charge in [0.05, 0.1) is 11.8 Å². The third-order valence-corrected chi connectivity index (χ3v) is 12.3. The second kappa shape index (κ2) is 11.1. The van der Waals surface area contributed by atoms with Crippen molar-refractivity contribution >= 4 is 5.82 Å². The van der Waals surface area contributed by atoms with Crippen LogP contribution in [0.25, 0.3) is 11.1 Å². The summed E-state index contributed by atoms with van der Waals surface area (Å²) in [4.78, 5) is 21.2. The zero-order valence-corrected chi connectivity index (χ0v) is 27.4. The topological polar surface area (TPSA) is 104 Å². The maximum Gasteiger partial charge on any atom is 0.282 e. The van der Waals surface area contributed by atoms with Crippen LogP contribution in [0.15, 0.2) is 37.1 Å². The van der Waals surface area contributed by atoms with Gasteiger partial charge in [0.25, 0.3) is 5.88 Å².